The summed E-state index contributed by atoms with van der Waals surface area (Å²) in [6.45, 7) is 0. The minimum absolute atomic E-state index is 0. The number of hydrogen-bond acceptors (Lipinski definition) is 19. The van der Waals surface area contributed by atoms with Crippen molar-refractivity contribution in [1.82, 2.24) is 30.8 Å². The molecule has 34 nitrogen and oxygen atoms in total. The molecule has 0 aliphatic carbocycles. The normalized spacial score (nSPS) is 0.808. The molecule has 0 heterocycles. The third-order valence-corrected chi connectivity index (χ3v) is 0. The van der Waals surface area contributed by atoms with Crippen LogP contribution in [0.2, 0.25) is 0 Å². The van der Waals surface area contributed by atoms with Crippen LogP contribution in [-0.4, -0.2) is 181 Å². The van der Waals surface area contributed by atoms with Gasteiger partial charge >= 0.3 is 0 Å². The minimum atomic E-state index is 0. The molecule has 0 aliphatic heterocycles. The van der Waals surface area contributed by atoms with E-state index in [0.717, 1.165) is 0 Å². The highest BCUT2D eigenvalue weighted by atomic mass is 16.0. The van der Waals surface area contributed by atoms with Gasteiger partial charge in [-0.05, 0) is 98.7 Å². The highest BCUT2D eigenvalue weighted by Crippen LogP contribution is 0.500. The Hall–Kier alpha value is -1.36. The Balaban J connectivity index is -0.000000000218. The molecule has 0 unspecified atom stereocenters. The van der Waals surface area contributed by atoms with Crippen LogP contribution in [0, 0.1) is 0 Å². The molecule has 0 aromatic heterocycles. The van der Waals surface area contributed by atoms with Crippen LogP contribution >= 0.6 is 0 Å². The van der Waals surface area contributed by atoms with E-state index < -0.39 is 0 Å². The molecule has 0 radical (unpaired) electrons. The summed E-state index contributed by atoms with van der Waals surface area (Å²) in [5.41, 5.74) is 63.0. The highest BCUT2D eigenvalue weighted by molar-refractivity contribution is 3.56. The lowest BCUT2D eigenvalue weighted by Gasteiger charge is -1.19. The van der Waals surface area contributed by atoms with E-state index in [1.54, 1.807) is 0 Å². The molecule has 0 saturated heterocycles. The van der Waals surface area contributed by atoms with Gasteiger partial charge in [-0.3, -0.25) is 0 Å². The monoisotopic (exact) mass is 1690 g/mol. The number of nitrogens with two attached hydrogens (primary N) is 14. The topological polar surface area (TPSA) is 1010 Å². The van der Waals surface area contributed by atoms with Crippen LogP contribution in [0.1, 0.15) is 416 Å². The first-order valence-corrected chi connectivity index (χ1v) is 8.08. The van der Waals surface area contributed by atoms with Crippen LogP contribution in [0.4, 0.5) is 0 Å². The number of hydrogen-bond donors (Lipinski definition) is 19. The molecule has 104 heavy (non-hydrogen) atoms. The molecule has 0 rings (SSSR count). The van der Waals surface area contributed by atoms with Gasteiger partial charge in [0.1, 0.15) is 0 Å². The summed E-state index contributed by atoms with van der Waals surface area (Å²) in [5, 5.41) is 0. The fraction of sp³-hybridized carbons (Fsp3) is 1.00. The standard InChI is InChI=1S/14CH5N.56CH4.5H3N.15H2O/c14*1-2;;;;;;;;;;;;;;;;;;;;;;;;;;;;;;;;;;;;;;;;;;;;;;;;;;;;;;;;;;;;;;;;;;;;;;;;;;;;/h14*2H2,1H3;56*1H4;5*1H3;15*1H2. The van der Waals surface area contributed by atoms with Gasteiger partial charge in [-0.1, -0.05) is 416 Å². The van der Waals surface area contributed by atoms with Gasteiger partial charge in [0.05, 0.1) is 0 Å². The molecule has 34 heteroatoms. The number of rotatable bonds is 0. The zero-order valence-corrected chi connectivity index (χ0v) is 33.1. The lowest BCUT2D eigenvalue weighted by molar-refractivity contribution is 0.823. The minimum Gasteiger partial charge on any atom is -0.412 e. The highest BCUT2D eigenvalue weighted by Gasteiger charge is 0.864. The average molecular weight is 1690 g/mol. The van der Waals surface area contributed by atoms with Crippen LogP contribution in [0.5, 0.6) is 0 Å². The van der Waals surface area contributed by atoms with Crippen molar-refractivity contribution in [2.75, 3.05) is 98.7 Å². The Bertz CT molecular complexity index is 128. The predicted molar refractivity (Wildman–Crippen MR) is 598 cm³/mol. The Morgan fingerprint density at radius 3 is 0.0577 bits per heavy atom. The van der Waals surface area contributed by atoms with Crippen molar-refractivity contribution in [2.24, 2.45) is 80.3 Å². The molecule has 0 aliphatic rings. The van der Waals surface area contributed by atoms with Crippen molar-refractivity contribution in [1.29, 1.82) is 0 Å². The average Bonchev–Trinajstić information content (AvgIpc) is 2.95. The van der Waals surface area contributed by atoms with E-state index in [1.807, 2.05) is 0 Å². The molecular weight excluding hydrogens is 1350 g/mol. The van der Waals surface area contributed by atoms with E-state index in [4.69, 9.17) is 0 Å². The van der Waals surface area contributed by atoms with Gasteiger partial charge in [0, 0.05) is 0 Å². The fourth-order valence-electron chi connectivity index (χ4n) is 0. The maximum absolute atomic E-state index is 4.50. The van der Waals surface area contributed by atoms with Crippen LogP contribution in [-0.2, 0) is 0 Å². The van der Waals surface area contributed by atoms with Crippen molar-refractivity contribution in [2.45, 2.75) is 416 Å². The van der Waals surface area contributed by atoms with Gasteiger partial charge in [0.25, 0.3) is 0 Å². The Morgan fingerprint density at radius 2 is 0.0577 bits per heavy atom. The molecule has 0 aromatic rings. The zero-order valence-electron chi connectivity index (χ0n) is 33.1. The van der Waals surface area contributed by atoms with Gasteiger partial charge in [-0.25, -0.2) is 0 Å². The molecule has 0 atom stereocenters. The summed E-state index contributed by atoms with van der Waals surface area (Å²) in [6.07, 6.45) is 0. The summed E-state index contributed by atoms with van der Waals surface area (Å²) >= 11 is 0. The quantitative estimate of drug-likeness (QED) is 0.107. The zero-order chi connectivity index (χ0) is 28.0. The molecule has 0 bridgehead atoms. The van der Waals surface area contributed by atoms with Gasteiger partial charge in [-0.2, -0.15) is 0 Å². The SMILES string of the molecule is C.C.C.C.C.C.C.C.C.C.C.C.C.C.C.C.C.C.C.C.C.C.C.C.C.C.C.C.C.C.C.C.C.C.C.C.C.C.C.C.C.C.C.C.C.C.C.C.C.C.C.C.C.C.C.C.CN.CN.CN.CN.CN.CN.CN.CN.CN.CN.CN.CN.CN.CN.N.N.N.N.N.O.O.O.O.O.O.O.O.O.O.O.O.O.O.O. The lowest BCUT2D eigenvalue weighted by atomic mass is 11.6. The summed E-state index contributed by atoms with van der Waals surface area (Å²) in [6, 6.07) is 0. The Morgan fingerprint density at radius 1 is 0.0577 bits per heavy atom. The summed E-state index contributed by atoms with van der Waals surface area (Å²) in [4.78, 5) is 0. The second kappa shape index (κ2) is 557000. The van der Waals surface area contributed by atoms with E-state index in [1.165, 1.54) is 98.7 Å². The van der Waals surface area contributed by atoms with Crippen LogP contribution in [0.25, 0.3) is 0 Å². The summed E-state index contributed by atoms with van der Waals surface area (Å²) in [5.74, 6) is 0. The van der Waals surface area contributed by atoms with Crippen molar-refractivity contribution in [3.05, 3.63) is 0 Å². The fourth-order valence-corrected chi connectivity index (χ4v) is 0. The smallest absolute Gasteiger partial charge is 0.0195 e. The second-order valence-corrected chi connectivity index (χ2v) is 0. The molecule has 804 valence electrons. The maximum Gasteiger partial charge on any atom is -0.0195 e. The molecule has 0 spiro atoms. The van der Waals surface area contributed by atoms with E-state index in [-0.39, 0.29) is 529 Å². The van der Waals surface area contributed by atoms with Crippen molar-refractivity contribution >= 4 is 0 Å². The van der Waals surface area contributed by atoms with Crippen molar-refractivity contribution in [3.63, 3.8) is 0 Å². The van der Waals surface area contributed by atoms with Gasteiger partial charge in [-0.15, -0.1) is 0 Å². The predicted octanol–water partition coefficient (Wildman–Crippen LogP) is 18.1. The molecule has 0 amide bonds. The van der Waals surface area contributed by atoms with Gasteiger partial charge in [0.15, 0.2) is 0 Å². The van der Waals surface area contributed by atoms with Crippen LogP contribution in [0.3, 0.4) is 0 Å². The Labute approximate surface area is 705 Å². The van der Waals surface area contributed by atoms with Crippen molar-refractivity contribution < 1.29 is 82.1 Å². The Kier molecular flexibility index (Phi) is 35500000. The molecule has 0 saturated carbocycles. The van der Waals surface area contributed by atoms with E-state index in [2.05, 4.69) is 80.3 Å². The van der Waals surface area contributed by atoms with Gasteiger partial charge < -0.3 is 193 Å². The molecule has 0 aromatic carbocycles. The third-order valence-electron chi connectivity index (χ3n) is 0. The molecule has 0 fully saturated rings. The lowest BCUT2D eigenvalue weighted by Crippen LogP contribution is -1.69. The summed E-state index contributed by atoms with van der Waals surface area (Å²) in [7, 11) is 21.0. The van der Waals surface area contributed by atoms with E-state index in [0.29, 0.717) is 0 Å². The van der Waals surface area contributed by atoms with Crippen LogP contribution < -0.4 is 111 Å². The third kappa shape index (κ3) is 540000. The first-order chi connectivity index (χ1) is 14.0. The van der Waals surface area contributed by atoms with Crippen LogP contribution in [0.15, 0.2) is 0 Å². The van der Waals surface area contributed by atoms with E-state index >= 15 is 0 Å². The first kappa shape index (κ1) is 6640. The molecule has 73 N–H and O–H groups in total. The largest absolute Gasteiger partial charge is 0.412 e. The second-order valence-electron chi connectivity index (χ2n) is 0. The first-order valence-electron chi connectivity index (χ1n) is 8.08. The maximum atomic E-state index is 4.50. The summed E-state index contributed by atoms with van der Waals surface area (Å²) < 4.78 is 0. The molecular formula is C70H339N19O15. The van der Waals surface area contributed by atoms with Crippen molar-refractivity contribution in [3.8, 4) is 0 Å². The van der Waals surface area contributed by atoms with E-state index in [9.17, 15) is 0 Å². The van der Waals surface area contributed by atoms with Gasteiger partial charge in [0.2, 0.25) is 0 Å².